The van der Waals surface area contributed by atoms with Crippen LogP contribution < -0.4 is 20.3 Å². The van der Waals surface area contributed by atoms with E-state index in [4.69, 9.17) is 9.47 Å². The Morgan fingerprint density at radius 2 is 1.15 bits per heavy atom. The van der Waals surface area contributed by atoms with Crippen LogP contribution in [0.1, 0.15) is 20.7 Å². The summed E-state index contributed by atoms with van der Waals surface area (Å²) in [5, 5.41) is 7.44. The number of carbonyl (C=O) groups excluding carboxylic acids is 2. The summed E-state index contributed by atoms with van der Waals surface area (Å²) in [5.74, 6) is 0.0335. The van der Waals surface area contributed by atoms with E-state index in [2.05, 4.69) is 21.1 Å². The number of nitrogens with zero attached hydrogens (tertiary/aromatic N) is 2. The molecule has 0 spiro atoms. The second-order valence-corrected chi connectivity index (χ2v) is 4.84. The highest BCUT2D eigenvalue weighted by atomic mass is 16.5. The van der Waals surface area contributed by atoms with Gasteiger partial charge in [-0.3, -0.25) is 9.59 Å². The Bertz CT molecular complexity index is 764. The normalized spacial score (nSPS) is 10.7. The highest BCUT2D eigenvalue weighted by Crippen LogP contribution is 2.17. The van der Waals surface area contributed by atoms with Crippen LogP contribution in [-0.4, -0.2) is 38.5 Å². The van der Waals surface area contributed by atoms with E-state index in [0.29, 0.717) is 22.6 Å². The summed E-state index contributed by atoms with van der Waals surface area (Å²) in [5.41, 5.74) is 5.39. The number of nitrogens with one attached hydrogen (secondary N) is 2. The number of amides is 2. The average Bonchev–Trinajstić information content (AvgIpc) is 2.70. The molecule has 0 atom stereocenters. The highest BCUT2D eigenvalue weighted by molar-refractivity contribution is 6.16. The number of hydrazone groups is 2. The van der Waals surface area contributed by atoms with Crippen molar-refractivity contribution in [1.29, 1.82) is 0 Å². The number of benzene rings is 2. The van der Waals surface area contributed by atoms with Crippen LogP contribution in [0, 0.1) is 0 Å². The summed E-state index contributed by atoms with van der Waals surface area (Å²) < 4.78 is 10.2. The molecule has 2 rings (SSSR count). The minimum Gasteiger partial charge on any atom is -0.496 e. The summed E-state index contributed by atoms with van der Waals surface area (Å²) >= 11 is 0. The van der Waals surface area contributed by atoms with Gasteiger partial charge in [0, 0.05) is 0 Å². The summed E-state index contributed by atoms with van der Waals surface area (Å²) in [4.78, 5) is 24.0. The molecule has 8 heteroatoms. The second-order valence-electron chi connectivity index (χ2n) is 4.84. The van der Waals surface area contributed by atoms with Gasteiger partial charge in [-0.2, -0.15) is 10.2 Å². The van der Waals surface area contributed by atoms with Gasteiger partial charge in [0.15, 0.2) is 0 Å². The third-order valence-electron chi connectivity index (χ3n) is 3.25. The van der Waals surface area contributed by atoms with Crippen LogP contribution in [0.15, 0.2) is 58.7 Å². The van der Waals surface area contributed by atoms with Crippen LogP contribution in [0.5, 0.6) is 11.5 Å². The molecule has 0 aromatic heterocycles. The smallest absolute Gasteiger partial charge is 0.275 e. The van der Waals surface area contributed by atoms with E-state index in [0.717, 1.165) is 0 Å². The zero-order valence-corrected chi connectivity index (χ0v) is 14.3. The molecular weight excluding hydrogens is 336 g/mol. The largest absolute Gasteiger partial charge is 0.496 e. The average molecular weight is 354 g/mol. The van der Waals surface area contributed by atoms with Crippen LogP contribution in [0.2, 0.25) is 0 Å². The van der Waals surface area contributed by atoms with Crippen molar-refractivity contribution in [2.24, 2.45) is 10.2 Å². The number of carbonyl (C=O) groups is 2. The van der Waals surface area contributed by atoms with Gasteiger partial charge in [-0.1, -0.05) is 24.3 Å². The first-order chi connectivity index (χ1) is 12.7. The van der Waals surface area contributed by atoms with Gasteiger partial charge < -0.3 is 9.47 Å². The maximum Gasteiger partial charge on any atom is 0.275 e. The third-order valence-corrected chi connectivity index (χ3v) is 3.25. The maximum atomic E-state index is 12.0. The topological polar surface area (TPSA) is 101 Å². The Morgan fingerprint density at radius 1 is 0.769 bits per heavy atom. The van der Waals surface area contributed by atoms with Crippen LogP contribution in [0.25, 0.3) is 0 Å². The van der Waals surface area contributed by atoms with Crippen molar-refractivity contribution in [3.8, 4) is 11.5 Å². The molecule has 0 aliphatic heterocycles. The van der Waals surface area contributed by atoms with E-state index in [1.807, 2.05) is 0 Å². The molecule has 0 aliphatic rings. The molecule has 0 heterocycles. The van der Waals surface area contributed by atoms with Crippen LogP contribution in [0.4, 0.5) is 0 Å². The summed E-state index contributed by atoms with van der Waals surface area (Å²) in [7, 11) is 2.96. The lowest BCUT2D eigenvalue weighted by atomic mass is 10.2. The number of hydrogen-bond donors (Lipinski definition) is 2. The van der Waals surface area contributed by atoms with Gasteiger partial charge in [0.2, 0.25) is 0 Å². The fourth-order valence-electron chi connectivity index (χ4n) is 2.04. The predicted octanol–water partition coefficient (Wildman–Crippen LogP) is 1.84. The minimum absolute atomic E-state index is 0.355. The lowest BCUT2D eigenvalue weighted by Crippen LogP contribution is -2.19. The number of ether oxygens (including phenoxy) is 2. The summed E-state index contributed by atoms with van der Waals surface area (Å²) in [6, 6.07) is 13.5. The number of methoxy groups -OCH3 is 2. The van der Waals surface area contributed by atoms with Gasteiger partial charge in [-0.25, -0.2) is 10.9 Å². The van der Waals surface area contributed by atoms with Crippen molar-refractivity contribution in [2.75, 3.05) is 14.2 Å². The minimum atomic E-state index is -0.426. The molecule has 8 nitrogen and oxygen atoms in total. The van der Waals surface area contributed by atoms with Crippen molar-refractivity contribution >= 4 is 24.2 Å². The molecule has 134 valence electrons. The summed E-state index contributed by atoms with van der Waals surface area (Å²) in [6.45, 7) is 0. The maximum absolute atomic E-state index is 12.0. The SMILES string of the molecule is COc1ccccc1C(=O)N/N=C\C=N\NC(=O)c1ccccc1OC. The van der Waals surface area contributed by atoms with E-state index < -0.39 is 11.8 Å². The highest BCUT2D eigenvalue weighted by Gasteiger charge is 2.10. The molecule has 0 aliphatic carbocycles. The van der Waals surface area contributed by atoms with Gasteiger partial charge >= 0.3 is 0 Å². The van der Waals surface area contributed by atoms with E-state index in [9.17, 15) is 9.59 Å². The van der Waals surface area contributed by atoms with E-state index in [1.165, 1.54) is 26.6 Å². The van der Waals surface area contributed by atoms with Gasteiger partial charge in [0.05, 0.1) is 37.8 Å². The van der Waals surface area contributed by atoms with Gasteiger partial charge in [-0.15, -0.1) is 0 Å². The first-order valence-electron chi connectivity index (χ1n) is 7.58. The predicted molar refractivity (Wildman–Crippen MR) is 97.9 cm³/mol. The molecule has 0 saturated heterocycles. The molecule has 26 heavy (non-hydrogen) atoms. The Balaban J connectivity index is 1.86. The fraction of sp³-hybridized carbons (Fsp3) is 0.111. The summed E-state index contributed by atoms with van der Waals surface area (Å²) in [6.07, 6.45) is 2.46. The molecule has 0 bridgehead atoms. The Labute approximate surface area is 150 Å². The molecular formula is C18H18N4O4. The zero-order chi connectivity index (χ0) is 18.8. The Kier molecular flexibility index (Phi) is 6.87. The first-order valence-corrected chi connectivity index (χ1v) is 7.58. The monoisotopic (exact) mass is 354 g/mol. The molecule has 2 aromatic rings. The van der Waals surface area contributed by atoms with Crippen LogP contribution >= 0.6 is 0 Å². The molecule has 0 fully saturated rings. The third kappa shape index (κ3) is 4.91. The Morgan fingerprint density at radius 3 is 1.54 bits per heavy atom. The molecule has 2 aromatic carbocycles. The molecule has 2 N–H and O–H groups in total. The van der Waals surface area contributed by atoms with Crippen molar-refractivity contribution in [3.05, 3.63) is 59.7 Å². The van der Waals surface area contributed by atoms with Gasteiger partial charge in [0.25, 0.3) is 11.8 Å². The molecule has 2 amide bonds. The molecule has 0 radical (unpaired) electrons. The number of para-hydroxylation sites is 2. The number of rotatable bonds is 7. The van der Waals surface area contributed by atoms with Crippen molar-refractivity contribution < 1.29 is 19.1 Å². The molecule has 0 saturated carbocycles. The van der Waals surface area contributed by atoms with Crippen molar-refractivity contribution in [2.45, 2.75) is 0 Å². The quantitative estimate of drug-likeness (QED) is 0.585. The second kappa shape index (κ2) is 9.58. The van der Waals surface area contributed by atoms with Crippen LogP contribution in [0.3, 0.4) is 0 Å². The standard InChI is InChI=1S/C18H18N4O4/c1-25-15-9-5-3-7-13(15)17(23)21-19-11-12-20-22-18(24)14-8-4-6-10-16(14)26-2/h3-12H,1-2H3,(H,21,23)(H,22,24)/b19-11-,20-12+. The number of hydrogen-bond acceptors (Lipinski definition) is 6. The lowest BCUT2D eigenvalue weighted by Gasteiger charge is -2.06. The van der Waals surface area contributed by atoms with Gasteiger partial charge in [0.1, 0.15) is 11.5 Å². The zero-order valence-electron chi connectivity index (χ0n) is 14.3. The van der Waals surface area contributed by atoms with E-state index in [-0.39, 0.29) is 0 Å². The Hall–Kier alpha value is -3.68. The van der Waals surface area contributed by atoms with Crippen molar-refractivity contribution in [3.63, 3.8) is 0 Å². The first kappa shape index (κ1) is 18.7. The van der Waals surface area contributed by atoms with Crippen LogP contribution in [-0.2, 0) is 0 Å². The van der Waals surface area contributed by atoms with Crippen molar-refractivity contribution in [1.82, 2.24) is 10.9 Å². The van der Waals surface area contributed by atoms with E-state index >= 15 is 0 Å². The fourth-order valence-corrected chi connectivity index (χ4v) is 2.04. The molecule has 0 unspecified atom stereocenters. The lowest BCUT2D eigenvalue weighted by molar-refractivity contribution is 0.0943. The van der Waals surface area contributed by atoms with E-state index in [1.54, 1.807) is 48.5 Å². The van der Waals surface area contributed by atoms with Gasteiger partial charge in [-0.05, 0) is 24.3 Å².